The molecular weight excluding hydrogens is 488 g/mol. The lowest BCUT2D eigenvalue weighted by atomic mass is 9.99. The molecule has 0 aromatic heterocycles. The van der Waals surface area contributed by atoms with Crippen LogP contribution in [-0.2, 0) is 25.8 Å². The first-order valence-electron chi connectivity index (χ1n) is 9.18. The molecule has 0 saturated heterocycles. The van der Waals surface area contributed by atoms with E-state index in [-0.39, 0.29) is 33.6 Å². The second-order valence-electron chi connectivity index (χ2n) is 6.47. The molecule has 0 atom stereocenters. The van der Waals surface area contributed by atoms with E-state index < -0.39 is 18.1 Å². The minimum absolute atomic E-state index is 0.00445. The van der Waals surface area contributed by atoms with E-state index in [9.17, 15) is 18.0 Å². The van der Waals surface area contributed by atoms with Gasteiger partial charge in [0, 0.05) is 16.1 Å². The highest BCUT2D eigenvalue weighted by atomic mass is 35.5. The summed E-state index contributed by atoms with van der Waals surface area (Å²) in [6.45, 7) is 3.01. The van der Waals surface area contributed by atoms with Gasteiger partial charge < -0.3 is 19.1 Å². The molecule has 12 heteroatoms. The predicted octanol–water partition coefficient (Wildman–Crippen LogP) is 5.66. The topological polar surface area (TPSA) is 78.7 Å². The molecule has 0 aliphatic carbocycles. The highest BCUT2D eigenvalue weighted by Gasteiger charge is 2.33. The number of hydrogen-bond acceptors (Lipinski definition) is 7. The number of alkyl halides is 3. The van der Waals surface area contributed by atoms with E-state index in [1.54, 1.807) is 25.1 Å². The van der Waals surface area contributed by atoms with Gasteiger partial charge in [0.2, 0.25) is 0 Å². The van der Waals surface area contributed by atoms with Crippen LogP contribution < -0.4 is 4.74 Å². The highest BCUT2D eigenvalue weighted by molar-refractivity contribution is 6.43. The van der Waals surface area contributed by atoms with Gasteiger partial charge in [-0.05, 0) is 31.5 Å². The monoisotopic (exact) mass is 506 g/mol. The molecule has 0 radical (unpaired) electrons. The van der Waals surface area contributed by atoms with Crippen LogP contribution in [0.1, 0.15) is 29.2 Å². The van der Waals surface area contributed by atoms with Crippen molar-refractivity contribution in [3.05, 3.63) is 62.6 Å². The van der Waals surface area contributed by atoms with E-state index in [0.29, 0.717) is 11.1 Å². The van der Waals surface area contributed by atoms with E-state index in [1.165, 1.54) is 27.2 Å². The molecule has 178 valence electrons. The minimum Gasteiger partial charge on any atom is -0.464 e. The molecule has 0 N–H and O–H groups in total. The molecule has 0 fully saturated rings. The second kappa shape index (κ2) is 11.2. The van der Waals surface area contributed by atoms with Crippen LogP contribution in [-0.4, -0.2) is 38.0 Å². The Kier molecular flexibility index (Phi) is 8.95. The lowest BCUT2D eigenvalue weighted by molar-refractivity contribution is -0.274. The first-order valence-corrected chi connectivity index (χ1v) is 9.94. The van der Waals surface area contributed by atoms with E-state index in [1.807, 2.05) is 0 Å². The molecule has 0 bridgehead atoms. The number of aryl methyl sites for hydroxylation is 1. The third kappa shape index (κ3) is 7.00. The van der Waals surface area contributed by atoms with Crippen molar-refractivity contribution in [3.8, 4) is 5.75 Å². The van der Waals surface area contributed by atoms with Gasteiger partial charge in [-0.25, -0.2) is 4.79 Å². The zero-order valence-electron chi connectivity index (χ0n) is 17.9. The standard InChI is InChI=1S/C21H19Cl2F3N2O5/c1-11-6-5-7-14(19(28-31-4)20(29)30-3)15(11)10-32-27-12(2)18-16(23)8-13(22)9-17(18)33-21(24,25)26/h5-9H,10H2,1-4H3/b27-12+,28-19+. The average molecular weight is 507 g/mol. The van der Waals surface area contributed by atoms with Crippen LogP contribution in [0.25, 0.3) is 0 Å². The largest absolute Gasteiger partial charge is 0.573 e. The molecule has 33 heavy (non-hydrogen) atoms. The van der Waals surface area contributed by atoms with Gasteiger partial charge in [0.15, 0.2) is 5.71 Å². The molecule has 7 nitrogen and oxygen atoms in total. The molecular formula is C21H19Cl2F3N2O5. The Morgan fingerprint density at radius 2 is 1.82 bits per heavy atom. The van der Waals surface area contributed by atoms with Gasteiger partial charge in [-0.15, -0.1) is 13.2 Å². The fourth-order valence-corrected chi connectivity index (χ4v) is 3.46. The normalized spacial score (nSPS) is 12.4. The number of oxime groups is 2. The minimum atomic E-state index is -4.97. The number of rotatable bonds is 8. The highest BCUT2D eigenvalue weighted by Crippen LogP contribution is 2.35. The van der Waals surface area contributed by atoms with Crippen molar-refractivity contribution in [3.63, 3.8) is 0 Å². The van der Waals surface area contributed by atoms with Crippen LogP contribution in [0.4, 0.5) is 13.2 Å². The smallest absolute Gasteiger partial charge is 0.464 e. The zero-order chi connectivity index (χ0) is 24.8. The van der Waals surface area contributed by atoms with Crippen LogP contribution in [0.5, 0.6) is 5.75 Å². The maximum Gasteiger partial charge on any atom is 0.573 e. The molecule has 0 amide bonds. The molecule has 0 aliphatic heterocycles. The number of hydrogen-bond donors (Lipinski definition) is 0. The fraction of sp³-hybridized carbons (Fsp3) is 0.286. The van der Waals surface area contributed by atoms with Crippen LogP contribution in [0, 0.1) is 6.92 Å². The maximum absolute atomic E-state index is 12.8. The Bertz CT molecular complexity index is 1090. The van der Waals surface area contributed by atoms with Crippen molar-refractivity contribution in [2.45, 2.75) is 26.8 Å². The summed E-state index contributed by atoms with van der Waals surface area (Å²) >= 11 is 11.9. The first-order chi connectivity index (χ1) is 15.5. The number of carbonyl (C=O) groups is 1. The first kappa shape index (κ1) is 26.3. The summed E-state index contributed by atoms with van der Waals surface area (Å²) in [6.07, 6.45) is -4.97. The Hall–Kier alpha value is -2.98. The molecule has 0 spiro atoms. The zero-order valence-corrected chi connectivity index (χ0v) is 19.4. The molecule has 0 heterocycles. The fourth-order valence-electron chi connectivity index (χ4n) is 2.85. The summed E-state index contributed by atoms with van der Waals surface area (Å²) in [4.78, 5) is 22.2. The average Bonchev–Trinajstić information content (AvgIpc) is 2.71. The Morgan fingerprint density at radius 1 is 1.12 bits per heavy atom. The number of halogens is 5. The van der Waals surface area contributed by atoms with E-state index in [0.717, 1.165) is 11.6 Å². The van der Waals surface area contributed by atoms with Crippen LogP contribution in [0.15, 0.2) is 40.6 Å². The van der Waals surface area contributed by atoms with E-state index in [2.05, 4.69) is 15.0 Å². The van der Waals surface area contributed by atoms with Crippen LogP contribution in [0.2, 0.25) is 10.0 Å². The number of methoxy groups -OCH3 is 1. The summed E-state index contributed by atoms with van der Waals surface area (Å²) in [6, 6.07) is 7.31. The summed E-state index contributed by atoms with van der Waals surface area (Å²) < 4.78 is 47.2. The SMILES string of the molecule is CO/N=C(/C(=O)OC)c1cccc(C)c1CO/N=C(\C)c1c(Cl)cc(Cl)cc1OC(F)(F)F. The van der Waals surface area contributed by atoms with Crippen LogP contribution in [0.3, 0.4) is 0 Å². The number of benzene rings is 2. The van der Waals surface area contributed by atoms with Gasteiger partial charge in [0.05, 0.1) is 23.4 Å². The van der Waals surface area contributed by atoms with Gasteiger partial charge in [-0.3, -0.25) is 0 Å². The number of ether oxygens (including phenoxy) is 2. The summed E-state index contributed by atoms with van der Waals surface area (Å²) in [5, 5.41) is 7.44. The summed E-state index contributed by atoms with van der Waals surface area (Å²) in [5.41, 5.74) is 1.42. The molecule has 0 aliphatic rings. The quantitative estimate of drug-likeness (QED) is 0.262. The van der Waals surface area contributed by atoms with Crippen molar-refractivity contribution >= 4 is 40.6 Å². The second-order valence-corrected chi connectivity index (χ2v) is 7.32. The van der Waals surface area contributed by atoms with Gasteiger partial charge in [-0.1, -0.05) is 51.7 Å². The summed E-state index contributed by atoms with van der Waals surface area (Å²) in [5.74, 6) is -1.35. The Morgan fingerprint density at radius 3 is 2.42 bits per heavy atom. The lowest BCUT2D eigenvalue weighted by Gasteiger charge is -2.15. The number of esters is 1. The number of carbonyl (C=O) groups excluding carboxylic acids is 1. The molecule has 2 aromatic carbocycles. The predicted molar refractivity (Wildman–Crippen MR) is 117 cm³/mol. The van der Waals surface area contributed by atoms with Gasteiger partial charge in [-0.2, -0.15) is 0 Å². The number of nitrogens with zero attached hydrogens (tertiary/aromatic N) is 2. The maximum atomic E-state index is 12.8. The van der Waals surface area contributed by atoms with Crippen LogP contribution >= 0.6 is 23.2 Å². The van der Waals surface area contributed by atoms with Gasteiger partial charge >= 0.3 is 12.3 Å². The molecule has 0 saturated carbocycles. The molecule has 2 rings (SSSR count). The van der Waals surface area contributed by atoms with Crippen molar-refractivity contribution in [1.29, 1.82) is 0 Å². The van der Waals surface area contributed by atoms with Crippen molar-refractivity contribution in [2.75, 3.05) is 14.2 Å². The van der Waals surface area contributed by atoms with E-state index in [4.69, 9.17) is 37.6 Å². The molecule has 2 aromatic rings. The lowest BCUT2D eigenvalue weighted by Crippen LogP contribution is -2.20. The third-order valence-electron chi connectivity index (χ3n) is 4.24. The van der Waals surface area contributed by atoms with Crippen molar-refractivity contribution in [2.24, 2.45) is 10.3 Å². The summed E-state index contributed by atoms with van der Waals surface area (Å²) in [7, 11) is 2.47. The van der Waals surface area contributed by atoms with E-state index >= 15 is 0 Å². The van der Waals surface area contributed by atoms with Gasteiger partial charge in [0.25, 0.3) is 0 Å². The Balaban J connectivity index is 2.39. The van der Waals surface area contributed by atoms with Crippen molar-refractivity contribution in [1.82, 2.24) is 0 Å². The van der Waals surface area contributed by atoms with Crippen molar-refractivity contribution < 1.29 is 37.1 Å². The Labute approximate surface area is 197 Å². The molecule has 0 unspecified atom stereocenters. The van der Waals surface area contributed by atoms with Gasteiger partial charge in [0.1, 0.15) is 19.5 Å². The third-order valence-corrected chi connectivity index (χ3v) is 4.76.